The van der Waals surface area contributed by atoms with Crippen LogP contribution in [0.25, 0.3) is 0 Å². The lowest BCUT2D eigenvalue weighted by Gasteiger charge is -2.32. The Hall–Kier alpha value is -2.15. The molecule has 7 heteroatoms. The van der Waals surface area contributed by atoms with Crippen LogP contribution in [0.1, 0.15) is 39.4 Å². The van der Waals surface area contributed by atoms with E-state index in [1.807, 2.05) is 29.2 Å². The normalized spacial score (nSPS) is 15.3. The highest BCUT2D eigenvalue weighted by molar-refractivity contribution is 9.10. The van der Waals surface area contributed by atoms with Crippen molar-refractivity contribution in [1.82, 2.24) is 15.4 Å². The highest BCUT2D eigenvalue weighted by Crippen LogP contribution is 2.16. The van der Waals surface area contributed by atoms with Crippen molar-refractivity contribution < 1.29 is 14.1 Å². The van der Waals surface area contributed by atoms with E-state index in [0.717, 1.165) is 17.3 Å². The summed E-state index contributed by atoms with van der Waals surface area (Å²) < 4.78 is 5.86. The minimum atomic E-state index is -0.232. The molecule has 0 radical (unpaired) electrons. The third kappa shape index (κ3) is 3.84. The highest BCUT2D eigenvalue weighted by atomic mass is 79.9. The molecule has 1 aliphatic rings. The van der Waals surface area contributed by atoms with Crippen molar-refractivity contribution in [3.63, 3.8) is 0 Å². The zero-order valence-electron chi connectivity index (χ0n) is 13.3. The molecular formula is C17H18BrN3O3. The van der Waals surface area contributed by atoms with Crippen LogP contribution in [-0.2, 0) is 0 Å². The maximum absolute atomic E-state index is 12.5. The van der Waals surface area contributed by atoms with Crippen LogP contribution >= 0.6 is 15.9 Å². The van der Waals surface area contributed by atoms with Crippen molar-refractivity contribution in [2.24, 2.45) is 0 Å². The number of aromatic nitrogens is 1. The largest absolute Gasteiger partial charge is 0.361 e. The van der Waals surface area contributed by atoms with Crippen molar-refractivity contribution in [3.05, 3.63) is 51.8 Å². The summed E-state index contributed by atoms with van der Waals surface area (Å²) in [6, 6.07) is 9.01. The number of piperidine rings is 1. The van der Waals surface area contributed by atoms with Crippen molar-refractivity contribution in [3.8, 4) is 0 Å². The lowest BCUT2D eigenvalue weighted by atomic mass is 10.0. The van der Waals surface area contributed by atoms with Crippen molar-refractivity contribution in [2.75, 3.05) is 13.1 Å². The minimum Gasteiger partial charge on any atom is -0.361 e. The predicted octanol–water partition coefficient (Wildman–Crippen LogP) is 2.78. The third-order valence-electron chi connectivity index (χ3n) is 4.07. The fourth-order valence-electron chi connectivity index (χ4n) is 2.73. The van der Waals surface area contributed by atoms with E-state index in [2.05, 4.69) is 26.4 Å². The number of hydrogen-bond acceptors (Lipinski definition) is 4. The number of rotatable bonds is 3. The van der Waals surface area contributed by atoms with Gasteiger partial charge in [0.05, 0.1) is 0 Å². The Labute approximate surface area is 148 Å². The van der Waals surface area contributed by atoms with Crippen LogP contribution in [0.3, 0.4) is 0 Å². The van der Waals surface area contributed by atoms with Gasteiger partial charge in [-0.25, -0.2) is 0 Å². The van der Waals surface area contributed by atoms with Gasteiger partial charge in [-0.05, 0) is 44.0 Å². The van der Waals surface area contributed by atoms with E-state index in [9.17, 15) is 9.59 Å². The first-order valence-corrected chi connectivity index (χ1v) is 8.61. The molecule has 0 spiro atoms. The second-order valence-electron chi connectivity index (χ2n) is 5.87. The van der Waals surface area contributed by atoms with Gasteiger partial charge in [0, 0.05) is 35.2 Å². The van der Waals surface area contributed by atoms with E-state index < -0.39 is 0 Å². The van der Waals surface area contributed by atoms with E-state index in [1.54, 1.807) is 13.0 Å². The zero-order chi connectivity index (χ0) is 17.1. The molecule has 126 valence electrons. The monoisotopic (exact) mass is 391 g/mol. The van der Waals surface area contributed by atoms with E-state index in [1.165, 1.54) is 0 Å². The van der Waals surface area contributed by atoms with Crippen LogP contribution < -0.4 is 5.32 Å². The number of nitrogens with one attached hydrogen (secondary N) is 1. The second kappa shape index (κ2) is 7.17. The number of benzene rings is 1. The smallest absolute Gasteiger partial charge is 0.273 e. The predicted molar refractivity (Wildman–Crippen MR) is 91.8 cm³/mol. The van der Waals surface area contributed by atoms with Crippen LogP contribution in [0.4, 0.5) is 0 Å². The Morgan fingerprint density at radius 1 is 1.25 bits per heavy atom. The van der Waals surface area contributed by atoms with Gasteiger partial charge in [0.25, 0.3) is 11.8 Å². The number of aryl methyl sites for hydroxylation is 1. The summed E-state index contributed by atoms with van der Waals surface area (Å²) in [5.41, 5.74) is 0.972. The molecule has 3 rings (SSSR count). The Kier molecular flexibility index (Phi) is 4.99. The molecule has 1 saturated heterocycles. The summed E-state index contributed by atoms with van der Waals surface area (Å²) in [5, 5.41) is 6.67. The lowest BCUT2D eigenvalue weighted by molar-refractivity contribution is 0.0697. The quantitative estimate of drug-likeness (QED) is 0.872. The molecule has 0 atom stereocenters. The molecule has 0 saturated carbocycles. The number of nitrogens with zero attached hydrogens (tertiary/aromatic N) is 2. The zero-order valence-corrected chi connectivity index (χ0v) is 14.9. The van der Waals surface area contributed by atoms with E-state index >= 15 is 0 Å². The standard InChI is InChI=1S/C17H18BrN3O3/c1-11-10-15(20-24-11)16(22)19-14-6-8-21(9-7-14)17(23)12-2-4-13(18)5-3-12/h2-5,10,14H,6-9H2,1H3,(H,19,22). The van der Waals surface area contributed by atoms with E-state index in [-0.39, 0.29) is 17.9 Å². The molecular weight excluding hydrogens is 374 g/mol. The Bertz CT molecular complexity index is 734. The molecule has 2 heterocycles. The van der Waals surface area contributed by atoms with Crippen LogP contribution in [0, 0.1) is 6.92 Å². The number of hydrogen-bond donors (Lipinski definition) is 1. The topological polar surface area (TPSA) is 75.4 Å². The van der Waals surface area contributed by atoms with Gasteiger partial charge in [-0.15, -0.1) is 0 Å². The van der Waals surface area contributed by atoms with Gasteiger partial charge < -0.3 is 14.7 Å². The van der Waals surface area contributed by atoms with Gasteiger partial charge in [0.2, 0.25) is 0 Å². The third-order valence-corrected chi connectivity index (χ3v) is 4.60. The second-order valence-corrected chi connectivity index (χ2v) is 6.79. The molecule has 6 nitrogen and oxygen atoms in total. The number of halogens is 1. The molecule has 24 heavy (non-hydrogen) atoms. The summed E-state index contributed by atoms with van der Waals surface area (Å²) in [6.07, 6.45) is 1.45. The lowest BCUT2D eigenvalue weighted by Crippen LogP contribution is -2.46. The van der Waals surface area contributed by atoms with Crippen LogP contribution in [0.2, 0.25) is 0 Å². The van der Waals surface area contributed by atoms with Crippen molar-refractivity contribution in [2.45, 2.75) is 25.8 Å². The average molecular weight is 392 g/mol. The molecule has 1 N–H and O–H groups in total. The number of carbonyl (C=O) groups is 2. The first kappa shape index (κ1) is 16.7. The van der Waals surface area contributed by atoms with Gasteiger partial charge in [-0.1, -0.05) is 21.1 Å². The minimum absolute atomic E-state index is 0.0272. The summed E-state index contributed by atoms with van der Waals surface area (Å²) in [7, 11) is 0. The fraction of sp³-hybridized carbons (Fsp3) is 0.353. The van der Waals surface area contributed by atoms with Crippen molar-refractivity contribution in [1.29, 1.82) is 0 Å². The fourth-order valence-corrected chi connectivity index (χ4v) is 3.00. The molecule has 2 aromatic rings. The molecule has 0 unspecified atom stereocenters. The summed E-state index contributed by atoms with van der Waals surface area (Å²) in [4.78, 5) is 26.4. The highest BCUT2D eigenvalue weighted by Gasteiger charge is 2.25. The molecule has 1 aromatic heterocycles. The maximum atomic E-state index is 12.5. The molecule has 1 aromatic carbocycles. The molecule has 0 bridgehead atoms. The van der Waals surface area contributed by atoms with Gasteiger partial charge in [-0.3, -0.25) is 9.59 Å². The first-order valence-electron chi connectivity index (χ1n) is 7.82. The van der Waals surface area contributed by atoms with E-state index in [0.29, 0.717) is 30.1 Å². The molecule has 0 aliphatic carbocycles. The van der Waals surface area contributed by atoms with Crippen molar-refractivity contribution >= 4 is 27.7 Å². The Balaban J connectivity index is 1.53. The Morgan fingerprint density at radius 2 is 1.92 bits per heavy atom. The van der Waals surface area contributed by atoms with Crippen LogP contribution in [-0.4, -0.2) is 41.0 Å². The molecule has 1 fully saturated rings. The summed E-state index contributed by atoms with van der Waals surface area (Å²) in [6.45, 7) is 2.99. The van der Waals surface area contributed by atoms with Gasteiger partial charge in [0.1, 0.15) is 5.76 Å². The number of amides is 2. The van der Waals surface area contributed by atoms with Gasteiger partial charge >= 0.3 is 0 Å². The number of likely N-dealkylation sites (tertiary alicyclic amines) is 1. The van der Waals surface area contributed by atoms with Gasteiger partial charge in [0.15, 0.2) is 5.69 Å². The maximum Gasteiger partial charge on any atom is 0.273 e. The summed E-state index contributed by atoms with van der Waals surface area (Å²) >= 11 is 3.37. The van der Waals surface area contributed by atoms with Gasteiger partial charge in [-0.2, -0.15) is 0 Å². The molecule has 1 aliphatic heterocycles. The summed E-state index contributed by atoms with van der Waals surface area (Å²) in [5.74, 6) is 0.402. The van der Waals surface area contributed by atoms with Crippen LogP contribution in [0.5, 0.6) is 0 Å². The SMILES string of the molecule is Cc1cc(C(=O)NC2CCN(C(=O)c3ccc(Br)cc3)CC2)no1. The molecule has 2 amide bonds. The van der Waals surface area contributed by atoms with E-state index in [4.69, 9.17) is 4.52 Å². The van der Waals surface area contributed by atoms with Crippen LogP contribution in [0.15, 0.2) is 39.3 Å². The average Bonchev–Trinajstić information content (AvgIpc) is 3.02. The number of carbonyl (C=O) groups excluding carboxylic acids is 2. The Morgan fingerprint density at radius 3 is 2.50 bits per heavy atom. The first-order chi connectivity index (χ1) is 11.5.